The van der Waals surface area contributed by atoms with Gasteiger partial charge in [-0.2, -0.15) is 0 Å². The number of hydrogen-bond donors (Lipinski definition) is 2. The second kappa shape index (κ2) is 5.51. The molecule has 0 aliphatic heterocycles. The van der Waals surface area contributed by atoms with E-state index in [1.807, 2.05) is 6.92 Å². The van der Waals surface area contributed by atoms with Crippen molar-refractivity contribution < 1.29 is 8.42 Å². The second-order valence-corrected chi connectivity index (χ2v) is 7.20. The van der Waals surface area contributed by atoms with Crippen LogP contribution in [0.1, 0.15) is 36.8 Å². The van der Waals surface area contributed by atoms with E-state index in [0.717, 1.165) is 12.0 Å². The maximum Gasteiger partial charge on any atom is 0.240 e. The molecule has 4 nitrogen and oxygen atoms in total. The molecule has 0 bridgehead atoms. The maximum atomic E-state index is 12.3. The molecule has 1 aromatic carbocycles. The Morgan fingerprint density at radius 2 is 2.00 bits per heavy atom. The molecule has 1 aliphatic carbocycles. The number of sulfonamides is 1. The third kappa shape index (κ3) is 3.28. The Bertz CT molecular complexity index is 563. The lowest BCUT2D eigenvalue weighted by molar-refractivity contribution is 0.297. The first-order chi connectivity index (χ1) is 8.90. The molecule has 0 aromatic heterocycles. The molecular weight excluding hydrogens is 260 g/mol. The van der Waals surface area contributed by atoms with Crippen molar-refractivity contribution in [2.24, 2.45) is 5.92 Å². The SMILES string of the molecule is Cc1cc(N)c(C)c(S(=O)(=O)NCCC2CCC2)c1. The Morgan fingerprint density at radius 1 is 1.32 bits per heavy atom. The molecule has 0 spiro atoms. The molecule has 5 heteroatoms. The van der Waals surface area contributed by atoms with Crippen LogP contribution in [0.15, 0.2) is 17.0 Å². The molecular formula is C14H22N2O2S. The van der Waals surface area contributed by atoms with E-state index in [4.69, 9.17) is 5.73 Å². The molecule has 0 saturated heterocycles. The second-order valence-electron chi connectivity index (χ2n) is 5.46. The topological polar surface area (TPSA) is 72.2 Å². The number of nitrogen functional groups attached to an aromatic ring is 1. The number of aryl methyl sites for hydroxylation is 1. The van der Waals surface area contributed by atoms with Gasteiger partial charge in [-0.1, -0.05) is 19.3 Å². The van der Waals surface area contributed by atoms with E-state index in [1.54, 1.807) is 19.1 Å². The van der Waals surface area contributed by atoms with Crippen LogP contribution in [0.2, 0.25) is 0 Å². The van der Waals surface area contributed by atoms with Crippen molar-refractivity contribution in [2.75, 3.05) is 12.3 Å². The summed E-state index contributed by atoms with van der Waals surface area (Å²) < 4.78 is 27.2. The van der Waals surface area contributed by atoms with Gasteiger partial charge in [-0.15, -0.1) is 0 Å². The van der Waals surface area contributed by atoms with Crippen LogP contribution in [0, 0.1) is 19.8 Å². The summed E-state index contributed by atoms with van der Waals surface area (Å²) in [6.45, 7) is 4.11. The van der Waals surface area contributed by atoms with Crippen LogP contribution in [-0.2, 0) is 10.0 Å². The van der Waals surface area contributed by atoms with Crippen molar-refractivity contribution in [3.8, 4) is 0 Å². The van der Waals surface area contributed by atoms with Gasteiger partial charge < -0.3 is 5.73 Å². The van der Waals surface area contributed by atoms with Gasteiger partial charge in [-0.25, -0.2) is 13.1 Å². The van der Waals surface area contributed by atoms with Gasteiger partial charge in [0.05, 0.1) is 4.90 Å². The average molecular weight is 282 g/mol. The molecule has 0 atom stereocenters. The van der Waals surface area contributed by atoms with Gasteiger partial charge in [0.15, 0.2) is 0 Å². The van der Waals surface area contributed by atoms with Crippen LogP contribution < -0.4 is 10.5 Å². The zero-order chi connectivity index (χ0) is 14.0. The minimum absolute atomic E-state index is 0.304. The van der Waals surface area contributed by atoms with E-state index in [1.165, 1.54) is 19.3 Å². The van der Waals surface area contributed by atoms with E-state index < -0.39 is 10.0 Å². The van der Waals surface area contributed by atoms with Gasteiger partial charge in [0, 0.05) is 12.2 Å². The van der Waals surface area contributed by atoms with Crippen molar-refractivity contribution in [2.45, 2.75) is 44.4 Å². The number of benzene rings is 1. The molecule has 0 unspecified atom stereocenters. The highest BCUT2D eigenvalue weighted by molar-refractivity contribution is 7.89. The fourth-order valence-electron chi connectivity index (χ4n) is 2.39. The van der Waals surface area contributed by atoms with Gasteiger partial charge >= 0.3 is 0 Å². The van der Waals surface area contributed by atoms with Gasteiger partial charge in [0.1, 0.15) is 0 Å². The third-order valence-corrected chi connectivity index (χ3v) is 5.49. The predicted molar refractivity (Wildman–Crippen MR) is 77.5 cm³/mol. The van der Waals surface area contributed by atoms with Gasteiger partial charge in [-0.3, -0.25) is 0 Å². The zero-order valence-electron chi connectivity index (χ0n) is 11.6. The summed E-state index contributed by atoms with van der Waals surface area (Å²) in [6.07, 6.45) is 4.68. The standard InChI is InChI=1S/C14H22N2O2S/c1-10-8-13(15)11(2)14(9-10)19(17,18)16-7-6-12-4-3-5-12/h8-9,12,16H,3-7,15H2,1-2H3. The van der Waals surface area contributed by atoms with Crippen LogP contribution in [0.25, 0.3) is 0 Å². The van der Waals surface area contributed by atoms with Crippen molar-refractivity contribution in [1.29, 1.82) is 0 Å². The molecule has 19 heavy (non-hydrogen) atoms. The fraction of sp³-hybridized carbons (Fsp3) is 0.571. The van der Waals surface area contributed by atoms with Crippen LogP contribution in [0.3, 0.4) is 0 Å². The zero-order valence-corrected chi connectivity index (χ0v) is 12.4. The highest BCUT2D eigenvalue weighted by Gasteiger charge is 2.21. The average Bonchev–Trinajstić information content (AvgIpc) is 2.26. The molecule has 0 amide bonds. The highest BCUT2D eigenvalue weighted by Crippen LogP contribution is 2.29. The highest BCUT2D eigenvalue weighted by atomic mass is 32.2. The summed E-state index contributed by atoms with van der Waals surface area (Å²) >= 11 is 0. The quantitative estimate of drug-likeness (QED) is 0.814. The Hall–Kier alpha value is -1.07. The number of nitrogens with two attached hydrogens (primary N) is 1. The van der Waals surface area contributed by atoms with Crippen molar-refractivity contribution >= 4 is 15.7 Å². The summed E-state index contributed by atoms with van der Waals surface area (Å²) in [5.41, 5.74) is 7.85. The van der Waals surface area contributed by atoms with Crippen LogP contribution >= 0.6 is 0 Å². The largest absolute Gasteiger partial charge is 0.398 e. The molecule has 0 heterocycles. The molecule has 106 valence electrons. The molecule has 1 fully saturated rings. The fourth-order valence-corrected chi connectivity index (χ4v) is 3.79. The minimum atomic E-state index is -3.45. The van der Waals surface area contributed by atoms with E-state index in [2.05, 4.69) is 4.72 Å². The number of nitrogens with one attached hydrogen (secondary N) is 1. The molecule has 1 aliphatic rings. The van der Waals surface area contributed by atoms with Crippen LogP contribution in [0.4, 0.5) is 5.69 Å². The lowest BCUT2D eigenvalue weighted by Crippen LogP contribution is -2.28. The van der Waals surface area contributed by atoms with Crippen LogP contribution in [-0.4, -0.2) is 15.0 Å². The third-order valence-electron chi connectivity index (χ3n) is 3.90. The summed E-state index contributed by atoms with van der Waals surface area (Å²) in [5.74, 6) is 0.700. The van der Waals surface area contributed by atoms with Crippen molar-refractivity contribution in [3.05, 3.63) is 23.3 Å². The van der Waals surface area contributed by atoms with Gasteiger partial charge in [0.2, 0.25) is 10.0 Å². The first-order valence-corrected chi connectivity index (χ1v) is 8.25. The first-order valence-electron chi connectivity index (χ1n) is 6.76. The minimum Gasteiger partial charge on any atom is -0.398 e. The smallest absolute Gasteiger partial charge is 0.240 e. The van der Waals surface area contributed by atoms with E-state index >= 15 is 0 Å². The molecule has 1 aromatic rings. The first kappa shape index (κ1) is 14.3. The number of rotatable bonds is 5. The molecule has 3 N–H and O–H groups in total. The lowest BCUT2D eigenvalue weighted by Gasteiger charge is -2.25. The summed E-state index contributed by atoms with van der Waals surface area (Å²) in [6, 6.07) is 3.47. The molecule has 2 rings (SSSR count). The molecule has 0 radical (unpaired) electrons. The lowest BCUT2D eigenvalue weighted by atomic mass is 9.83. The van der Waals surface area contributed by atoms with E-state index in [9.17, 15) is 8.42 Å². The summed E-state index contributed by atoms with van der Waals surface area (Å²) in [4.78, 5) is 0.304. The van der Waals surface area contributed by atoms with Gasteiger partial charge in [0.25, 0.3) is 0 Å². The van der Waals surface area contributed by atoms with Gasteiger partial charge in [-0.05, 0) is 49.4 Å². The number of anilines is 1. The summed E-state index contributed by atoms with van der Waals surface area (Å²) in [5, 5.41) is 0. The maximum absolute atomic E-state index is 12.3. The monoisotopic (exact) mass is 282 g/mol. The van der Waals surface area contributed by atoms with E-state index in [0.29, 0.717) is 28.6 Å². The Morgan fingerprint density at radius 3 is 2.58 bits per heavy atom. The van der Waals surface area contributed by atoms with E-state index in [-0.39, 0.29) is 0 Å². The van der Waals surface area contributed by atoms with Crippen molar-refractivity contribution in [3.63, 3.8) is 0 Å². The Balaban J connectivity index is 2.09. The van der Waals surface area contributed by atoms with Crippen molar-refractivity contribution in [1.82, 2.24) is 4.72 Å². The predicted octanol–water partition coefficient (Wildman–Crippen LogP) is 2.35. The Labute approximate surface area is 115 Å². The normalized spacial score (nSPS) is 16.3. The summed E-state index contributed by atoms with van der Waals surface area (Å²) in [7, 11) is -3.45. The Kier molecular flexibility index (Phi) is 4.16. The number of hydrogen-bond acceptors (Lipinski definition) is 3. The molecule has 1 saturated carbocycles. The van der Waals surface area contributed by atoms with Crippen LogP contribution in [0.5, 0.6) is 0 Å².